The van der Waals surface area contributed by atoms with Crippen LogP contribution in [-0.4, -0.2) is 22.3 Å². The molecule has 0 saturated heterocycles. The zero-order valence-electron chi connectivity index (χ0n) is 13.2. The van der Waals surface area contributed by atoms with Crippen molar-refractivity contribution in [3.8, 4) is 0 Å². The smallest absolute Gasteiger partial charge is 0.159 e. The molecule has 0 aliphatic heterocycles. The Balaban J connectivity index is 2.43. The topological polar surface area (TPSA) is 54.4 Å². The summed E-state index contributed by atoms with van der Waals surface area (Å²) in [6, 6.07) is 0. The van der Waals surface area contributed by atoms with Gasteiger partial charge in [-0.25, -0.2) is 0 Å². The Kier molecular flexibility index (Phi) is 3.70. The number of allylic oxidation sites excluding steroid dienone is 2. The monoisotopic (exact) mass is 278 g/mol. The number of fused-ring (bicyclic) bond motifs is 1. The van der Waals surface area contributed by atoms with Gasteiger partial charge in [0.2, 0.25) is 0 Å². The van der Waals surface area contributed by atoms with Gasteiger partial charge >= 0.3 is 0 Å². The normalized spacial score (nSPS) is 41.3. The SMILES string of the molecule is CC(=O)C1CCC2(C)CC(=O)C(=C(C)C)CC2C1(C)O. The molecule has 4 unspecified atom stereocenters. The molecule has 2 aliphatic rings. The summed E-state index contributed by atoms with van der Waals surface area (Å²) in [5.41, 5.74) is 0.709. The van der Waals surface area contributed by atoms with Gasteiger partial charge in [0.25, 0.3) is 0 Å². The summed E-state index contributed by atoms with van der Waals surface area (Å²) in [5, 5.41) is 11.0. The first kappa shape index (κ1) is 15.4. The van der Waals surface area contributed by atoms with Crippen molar-refractivity contribution in [3.05, 3.63) is 11.1 Å². The standard InChI is InChI=1S/C17H26O3/c1-10(2)12-8-15-16(4,9-14(12)19)7-6-13(11(3)18)17(15,5)20/h13,15,20H,6-9H2,1-5H3. The molecule has 0 amide bonds. The van der Waals surface area contributed by atoms with E-state index in [-0.39, 0.29) is 28.8 Å². The summed E-state index contributed by atoms with van der Waals surface area (Å²) in [7, 11) is 0. The van der Waals surface area contributed by atoms with E-state index in [9.17, 15) is 14.7 Å². The third kappa shape index (κ3) is 2.26. The van der Waals surface area contributed by atoms with Gasteiger partial charge in [-0.2, -0.15) is 0 Å². The van der Waals surface area contributed by atoms with Crippen LogP contribution in [0.3, 0.4) is 0 Å². The molecule has 0 spiro atoms. The van der Waals surface area contributed by atoms with Crippen LogP contribution < -0.4 is 0 Å². The average molecular weight is 278 g/mol. The van der Waals surface area contributed by atoms with Crippen molar-refractivity contribution in [2.24, 2.45) is 17.3 Å². The van der Waals surface area contributed by atoms with E-state index < -0.39 is 5.60 Å². The fourth-order valence-corrected chi connectivity index (χ4v) is 4.44. The van der Waals surface area contributed by atoms with Gasteiger partial charge in [-0.15, -0.1) is 0 Å². The quantitative estimate of drug-likeness (QED) is 0.750. The maximum Gasteiger partial charge on any atom is 0.159 e. The summed E-state index contributed by atoms with van der Waals surface area (Å²) in [5.74, 6) is -0.0269. The van der Waals surface area contributed by atoms with Crippen molar-refractivity contribution in [2.75, 3.05) is 0 Å². The number of carbonyl (C=O) groups excluding carboxylic acids is 2. The maximum atomic E-state index is 12.3. The Bertz CT molecular complexity index is 482. The molecule has 1 N–H and O–H groups in total. The van der Waals surface area contributed by atoms with Crippen molar-refractivity contribution in [3.63, 3.8) is 0 Å². The minimum atomic E-state index is -1.01. The number of hydrogen-bond acceptors (Lipinski definition) is 3. The van der Waals surface area contributed by atoms with Gasteiger partial charge < -0.3 is 5.11 Å². The molecular formula is C17H26O3. The molecule has 0 heterocycles. The predicted octanol–water partition coefficient (Wildman–Crippen LogP) is 3.06. The fourth-order valence-electron chi connectivity index (χ4n) is 4.44. The Morgan fingerprint density at radius 2 is 1.85 bits per heavy atom. The fraction of sp³-hybridized carbons (Fsp3) is 0.765. The highest BCUT2D eigenvalue weighted by molar-refractivity contribution is 5.97. The number of ketones is 2. The number of carbonyl (C=O) groups is 2. The zero-order chi connectivity index (χ0) is 15.3. The van der Waals surface area contributed by atoms with Crippen LogP contribution >= 0.6 is 0 Å². The zero-order valence-corrected chi connectivity index (χ0v) is 13.2. The summed E-state index contributed by atoms with van der Waals surface area (Å²) >= 11 is 0. The minimum Gasteiger partial charge on any atom is -0.389 e. The van der Waals surface area contributed by atoms with Gasteiger partial charge in [0.05, 0.1) is 5.60 Å². The summed E-state index contributed by atoms with van der Waals surface area (Å²) < 4.78 is 0. The highest BCUT2D eigenvalue weighted by atomic mass is 16.3. The van der Waals surface area contributed by atoms with Gasteiger partial charge in [-0.1, -0.05) is 12.5 Å². The molecule has 4 atom stereocenters. The molecule has 2 fully saturated rings. The van der Waals surface area contributed by atoms with E-state index in [0.717, 1.165) is 17.6 Å². The lowest BCUT2D eigenvalue weighted by atomic mass is 9.51. The van der Waals surface area contributed by atoms with Crippen LogP contribution in [0.15, 0.2) is 11.1 Å². The lowest BCUT2D eigenvalue weighted by molar-refractivity contribution is -0.162. The van der Waals surface area contributed by atoms with E-state index in [1.165, 1.54) is 0 Å². The molecule has 112 valence electrons. The molecule has 3 heteroatoms. The van der Waals surface area contributed by atoms with E-state index in [1.807, 2.05) is 13.8 Å². The van der Waals surface area contributed by atoms with Crippen LogP contribution in [0.5, 0.6) is 0 Å². The van der Waals surface area contributed by atoms with Crippen LogP contribution in [0, 0.1) is 17.3 Å². The number of aliphatic hydroxyl groups is 1. The Morgan fingerprint density at radius 3 is 2.35 bits per heavy atom. The van der Waals surface area contributed by atoms with Crippen LogP contribution in [-0.2, 0) is 9.59 Å². The highest BCUT2D eigenvalue weighted by Gasteiger charge is 2.56. The van der Waals surface area contributed by atoms with Gasteiger partial charge in [0.1, 0.15) is 5.78 Å². The maximum absolute atomic E-state index is 12.3. The molecule has 2 saturated carbocycles. The van der Waals surface area contributed by atoms with Crippen molar-refractivity contribution >= 4 is 11.6 Å². The lowest BCUT2D eigenvalue weighted by Crippen LogP contribution is -2.57. The highest BCUT2D eigenvalue weighted by Crippen LogP contribution is 2.56. The van der Waals surface area contributed by atoms with E-state index in [0.29, 0.717) is 19.3 Å². The lowest BCUT2D eigenvalue weighted by Gasteiger charge is -2.55. The summed E-state index contributed by atoms with van der Waals surface area (Å²) in [6.45, 7) is 9.37. The van der Waals surface area contributed by atoms with E-state index in [4.69, 9.17) is 0 Å². The molecule has 0 radical (unpaired) electrons. The van der Waals surface area contributed by atoms with Crippen molar-refractivity contribution in [1.29, 1.82) is 0 Å². The number of rotatable bonds is 1. The van der Waals surface area contributed by atoms with Crippen LogP contribution in [0.2, 0.25) is 0 Å². The first-order valence-corrected chi connectivity index (χ1v) is 7.52. The molecule has 0 aromatic carbocycles. The van der Waals surface area contributed by atoms with Gasteiger partial charge in [-0.05, 0) is 63.9 Å². The van der Waals surface area contributed by atoms with Crippen molar-refractivity contribution in [1.82, 2.24) is 0 Å². The molecule has 0 bridgehead atoms. The van der Waals surface area contributed by atoms with Crippen LogP contribution in [0.1, 0.15) is 60.3 Å². The van der Waals surface area contributed by atoms with Crippen LogP contribution in [0.25, 0.3) is 0 Å². The second-order valence-electron chi connectivity index (χ2n) is 7.42. The largest absolute Gasteiger partial charge is 0.389 e. The molecular weight excluding hydrogens is 252 g/mol. The van der Waals surface area contributed by atoms with Crippen molar-refractivity contribution in [2.45, 2.75) is 65.9 Å². The first-order chi connectivity index (χ1) is 9.09. The predicted molar refractivity (Wildman–Crippen MR) is 78.2 cm³/mol. The third-order valence-corrected chi connectivity index (χ3v) is 5.66. The number of Topliss-reactive ketones (excluding diaryl/α,β-unsaturated/α-hetero) is 2. The molecule has 0 aromatic rings. The second kappa shape index (κ2) is 4.80. The Hall–Kier alpha value is -0.960. The van der Waals surface area contributed by atoms with Gasteiger partial charge in [0.15, 0.2) is 5.78 Å². The van der Waals surface area contributed by atoms with Crippen LogP contribution in [0.4, 0.5) is 0 Å². The average Bonchev–Trinajstić information content (AvgIpc) is 2.25. The molecule has 0 aromatic heterocycles. The molecule has 3 nitrogen and oxygen atoms in total. The van der Waals surface area contributed by atoms with Gasteiger partial charge in [-0.3, -0.25) is 9.59 Å². The summed E-state index contributed by atoms with van der Waals surface area (Å²) in [4.78, 5) is 24.1. The Morgan fingerprint density at radius 1 is 1.25 bits per heavy atom. The molecule has 2 aliphatic carbocycles. The van der Waals surface area contributed by atoms with E-state index >= 15 is 0 Å². The second-order valence-corrected chi connectivity index (χ2v) is 7.42. The molecule has 20 heavy (non-hydrogen) atoms. The number of hydrogen-bond donors (Lipinski definition) is 1. The molecule has 2 rings (SSSR count). The Labute approximate surface area is 121 Å². The minimum absolute atomic E-state index is 0.0137. The van der Waals surface area contributed by atoms with Gasteiger partial charge in [0, 0.05) is 12.3 Å². The summed E-state index contributed by atoms with van der Waals surface area (Å²) in [6.07, 6.45) is 2.64. The first-order valence-electron chi connectivity index (χ1n) is 7.52. The van der Waals surface area contributed by atoms with Crippen molar-refractivity contribution < 1.29 is 14.7 Å². The van der Waals surface area contributed by atoms with E-state index in [2.05, 4.69) is 6.92 Å². The van der Waals surface area contributed by atoms with E-state index in [1.54, 1.807) is 13.8 Å². The third-order valence-electron chi connectivity index (χ3n) is 5.66.